The molecule has 2 saturated heterocycles. The summed E-state index contributed by atoms with van der Waals surface area (Å²) >= 11 is 0. The van der Waals surface area contributed by atoms with Gasteiger partial charge < -0.3 is 15.4 Å². The van der Waals surface area contributed by atoms with Crippen LogP contribution in [0.15, 0.2) is 24.3 Å². The summed E-state index contributed by atoms with van der Waals surface area (Å²) in [6, 6.07) is 7.76. The number of para-hydroxylation sites is 1. The second-order valence-corrected chi connectivity index (χ2v) is 8.09. The van der Waals surface area contributed by atoms with Gasteiger partial charge in [-0.15, -0.1) is 0 Å². The van der Waals surface area contributed by atoms with E-state index >= 15 is 0 Å². The van der Waals surface area contributed by atoms with E-state index in [1.54, 1.807) is 0 Å². The molecule has 3 rings (SSSR count). The summed E-state index contributed by atoms with van der Waals surface area (Å²) in [6.45, 7) is 7.56. The Morgan fingerprint density at radius 2 is 2.07 bits per heavy atom. The second kappa shape index (κ2) is 8.30. The fourth-order valence-corrected chi connectivity index (χ4v) is 4.30. The Hall–Kier alpha value is -2.08. The Balaban J connectivity index is 1.59. The molecule has 0 saturated carbocycles. The van der Waals surface area contributed by atoms with Crippen molar-refractivity contribution in [3.8, 4) is 5.75 Å². The lowest BCUT2D eigenvalue weighted by Crippen LogP contribution is -2.58. The first kappa shape index (κ1) is 19.7. The van der Waals surface area contributed by atoms with Crippen molar-refractivity contribution in [1.29, 1.82) is 0 Å². The molecule has 1 aromatic rings. The van der Waals surface area contributed by atoms with Crippen LogP contribution in [0.1, 0.15) is 45.1 Å². The smallest absolute Gasteiger partial charge is 0.258 e. The van der Waals surface area contributed by atoms with E-state index in [4.69, 9.17) is 4.74 Å². The molecule has 0 aliphatic carbocycles. The molecule has 1 aromatic carbocycles. The lowest BCUT2D eigenvalue weighted by atomic mass is 9.84. The van der Waals surface area contributed by atoms with E-state index in [1.165, 1.54) is 0 Å². The Morgan fingerprint density at radius 3 is 2.81 bits per heavy atom. The Kier molecular flexibility index (Phi) is 6.05. The molecule has 0 radical (unpaired) electrons. The number of carbonyl (C=O) groups is 2. The van der Waals surface area contributed by atoms with Crippen molar-refractivity contribution in [3.05, 3.63) is 29.8 Å². The highest BCUT2D eigenvalue weighted by molar-refractivity contribution is 5.87. The highest BCUT2D eigenvalue weighted by atomic mass is 16.5. The summed E-state index contributed by atoms with van der Waals surface area (Å²) < 4.78 is 5.65. The fraction of sp³-hybridized carbons (Fsp3) is 0.619. The number of ether oxygens (including phenoxy) is 1. The second-order valence-electron chi connectivity index (χ2n) is 8.09. The van der Waals surface area contributed by atoms with Crippen LogP contribution in [0.2, 0.25) is 0 Å². The number of amides is 2. The zero-order valence-electron chi connectivity index (χ0n) is 16.6. The SMILES string of the molecule is Cc1ccccc1OCC(=O)N[C@@H]1CN2CCCC[C@@]2(C(=O)NC(C)C)C1. The Morgan fingerprint density at radius 1 is 1.30 bits per heavy atom. The average Bonchev–Trinajstić information content (AvgIpc) is 2.99. The zero-order valence-corrected chi connectivity index (χ0v) is 16.6. The minimum Gasteiger partial charge on any atom is -0.484 e. The number of hydrogen-bond acceptors (Lipinski definition) is 4. The third-order valence-corrected chi connectivity index (χ3v) is 5.56. The zero-order chi connectivity index (χ0) is 19.4. The molecule has 2 N–H and O–H groups in total. The normalized spacial score (nSPS) is 25.1. The highest BCUT2D eigenvalue weighted by Crippen LogP contribution is 2.38. The minimum absolute atomic E-state index is 0.00740. The molecule has 2 atom stereocenters. The lowest BCUT2D eigenvalue weighted by molar-refractivity contribution is -0.134. The molecule has 148 valence electrons. The Labute approximate surface area is 161 Å². The molecular formula is C21H31N3O3. The summed E-state index contributed by atoms with van der Waals surface area (Å²) in [4.78, 5) is 27.6. The highest BCUT2D eigenvalue weighted by Gasteiger charge is 2.52. The van der Waals surface area contributed by atoms with Crippen molar-refractivity contribution in [2.45, 2.75) is 64.1 Å². The molecule has 2 fully saturated rings. The van der Waals surface area contributed by atoms with Crippen LogP contribution < -0.4 is 15.4 Å². The van der Waals surface area contributed by atoms with Gasteiger partial charge in [0.05, 0.1) is 0 Å². The lowest BCUT2D eigenvalue weighted by Gasteiger charge is -2.41. The molecule has 2 aliphatic rings. The maximum absolute atomic E-state index is 12.9. The molecule has 6 heteroatoms. The van der Waals surface area contributed by atoms with Crippen LogP contribution in [0.4, 0.5) is 0 Å². The van der Waals surface area contributed by atoms with Crippen molar-refractivity contribution < 1.29 is 14.3 Å². The molecule has 27 heavy (non-hydrogen) atoms. The predicted molar refractivity (Wildman–Crippen MR) is 105 cm³/mol. The minimum atomic E-state index is -0.475. The first-order chi connectivity index (χ1) is 12.9. The van der Waals surface area contributed by atoms with Gasteiger partial charge in [0.25, 0.3) is 5.91 Å². The van der Waals surface area contributed by atoms with Crippen LogP contribution in [0.5, 0.6) is 5.75 Å². The summed E-state index contributed by atoms with van der Waals surface area (Å²) in [5.74, 6) is 0.692. The van der Waals surface area contributed by atoms with Crippen molar-refractivity contribution >= 4 is 11.8 Å². The van der Waals surface area contributed by atoms with Crippen molar-refractivity contribution in [2.75, 3.05) is 19.7 Å². The van der Waals surface area contributed by atoms with Crippen molar-refractivity contribution in [3.63, 3.8) is 0 Å². The van der Waals surface area contributed by atoms with Gasteiger partial charge in [-0.1, -0.05) is 18.2 Å². The van der Waals surface area contributed by atoms with Gasteiger partial charge in [-0.25, -0.2) is 0 Å². The molecule has 2 aliphatic heterocycles. The molecule has 6 nitrogen and oxygen atoms in total. The van der Waals surface area contributed by atoms with E-state index in [0.29, 0.717) is 6.42 Å². The molecule has 2 amide bonds. The van der Waals surface area contributed by atoms with Gasteiger partial charge >= 0.3 is 0 Å². The summed E-state index contributed by atoms with van der Waals surface area (Å²) in [5.41, 5.74) is 0.532. The van der Waals surface area contributed by atoms with Crippen LogP contribution >= 0.6 is 0 Å². The standard InChI is InChI=1S/C21H31N3O3/c1-15(2)22-20(26)21-10-6-7-11-24(21)13-17(12-21)23-19(25)14-27-18-9-5-4-8-16(18)3/h4-5,8-9,15,17H,6-7,10-14H2,1-3H3,(H,22,26)(H,23,25)/t17-,21-/m0/s1. The van der Waals surface area contributed by atoms with Crippen molar-refractivity contribution in [1.82, 2.24) is 15.5 Å². The van der Waals surface area contributed by atoms with Crippen LogP contribution in [0.3, 0.4) is 0 Å². The molecule has 0 aromatic heterocycles. The number of fused-ring (bicyclic) bond motifs is 1. The topological polar surface area (TPSA) is 70.7 Å². The number of nitrogens with zero attached hydrogens (tertiary/aromatic N) is 1. The van der Waals surface area contributed by atoms with E-state index in [2.05, 4.69) is 15.5 Å². The number of benzene rings is 1. The van der Waals surface area contributed by atoms with Crippen LogP contribution in [0.25, 0.3) is 0 Å². The van der Waals surface area contributed by atoms with Gasteiger partial charge in [-0.3, -0.25) is 14.5 Å². The maximum Gasteiger partial charge on any atom is 0.258 e. The average molecular weight is 373 g/mol. The molecule has 2 heterocycles. The van der Waals surface area contributed by atoms with Gasteiger partial charge in [-0.2, -0.15) is 0 Å². The monoisotopic (exact) mass is 373 g/mol. The first-order valence-corrected chi connectivity index (χ1v) is 9.94. The number of rotatable bonds is 6. The quantitative estimate of drug-likeness (QED) is 0.800. The van der Waals surface area contributed by atoms with E-state index < -0.39 is 5.54 Å². The third-order valence-electron chi connectivity index (χ3n) is 5.56. The first-order valence-electron chi connectivity index (χ1n) is 9.94. The summed E-state index contributed by atoms with van der Waals surface area (Å²) in [5, 5.41) is 6.16. The van der Waals surface area contributed by atoms with Crippen LogP contribution in [-0.2, 0) is 9.59 Å². The molecular weight excluding hydrogens is 342 g/mol. The van der Waals surface area contributed by atoms with E-state index in [-0.39, 0.29) is 30.5 Å². The summed E-state index contributed by atoms with van der Waals surface area (Å²) in [7, 11) is 0. The predicted octanol–water partition coefficient (Wildman–Crippen LogP) is 2.01. The van der Waals surface area contributed by atoms with Gasteiger partial charge in [-0.05, 0) is 64.6 Å². The number of nitrogens with one attached hydrogen (secondary N) is 2. The number of carbonyl (C=O) groups excluding carboxylic acids is 2. The number of aryl methyl sites for hydroxylation is 1. The molecule has 0 bridgehead atoms. The largest absolute Gasteiger partial charge is 0.484 e. The Bertz CT molecular complexity index is 691. The van der Waals surface area contributed by atoms with Gasteiger partial charge in [0.1, 0.15) is 11.3 Å². The van der Waals surface area contributed by atoms with Crippen molar-refractivity contribution in [2.24, 2.45) is 0 Å². The molecule has 0 unspecified atom stereocenters. The van der Waals surface area contributed by atoms with E-state index in [0.717, 1.165) is 43.7 Å². The third kappa shape index (κ3) is 4.43. The van der Waals surface area contributed by atoms with E-state index in [9.17, 15) is 9.59 Å². The van der Waals surface area contributed by atoms with Crippen LogP contribution in [0, 0.1) is 6.92 Å². The van der Waals surface area contributed by atoms with Gasteiger partial charge in [0.2, 0.25) is 5.91 Å². The summed E-state index contributed by atoms with van der Waals surface area (Å²) in [6.07, 6.45) is 3.69. The fourth-order valence-electron chi connectivity index (χ4n) is 4.30. The van der Waals surface area contributed by atoms with Crippen LogP contribution in [-0.4, -0.2) is 54.0 Å². The van der Waals surface area contributed by atoms with E-state index in [1.807, 2.05) is 45.0 Å². The van der Waals surface area contributed by atoms with Gasteiger partial charge in [0, 0.05) is 18.6 Å². The van der Waals surface area contributed by atoms with Gasteiger partial charge in [0.15, 0.2) is 6.61 Å². The molecule has 0 spiro atoms. The number of piperidine rings is 1. The maximum atomic E-state index is 12.9. The number of hydrogen-bond donors (Lipinski definition) is 2.